The van der Waals surface area contributed by atoms with Crippen LogP contribution in [0.5, 0.6) is 0 Å². The summed E-state index contributed by atoms with van der Waals surface area (Å²) in [6.07, 6.45) is 0.798. The molecule has 0 saturated carbocycles. The van der Waals surface area contributed by atoms with Crippen molar-refractivity contribution in [3.8, 4) is 0 Å². The molecule has 176 valence electrons. The number of carboxylic acid groups (broad SMARTS) is 2. The maximum absolute atomic E-state index is 12.4. The van der Waals surface area contributed by atoms with Crippen LogP contribution < -0.4 is 27.2 Å². The van der Waals surface area contributed by atoms with Gasteiger partial charge in [-0.1, -0.05) is 0 Å². The van der Waals surface area contributed by atoms with Crippen molar-refractivity contribution in [2.24, 2.45) is 0 Å². The van der Waals surface area contributed by atoms with Crippen molar-refractivity contribution in [2.75, 3.05) is 29.5 Å². The zero-order chi connectivity index (χ0) is 24.1. The average Bonchev–Trinajstić information content (AvgIpc) is 2.76. The number of aliphatic carboxylic acids is 2. The van der Waals surface area contributed by atoms with E-state index in [0.29, 0.717) is 31.5 Å². The number of anilines is 3. The first-order chi connectivity index (χ1) is 15.7. The van der Waals surface area contributed by atoms with E-state index < -0.39 is 23.9 Å². The summed E-state index contributed by atoms with van der Waals surface area (Å²) in [7, 11) is 0. The van der Waals surface area contributed by atoms with Gasteiger partial charge in [0.25, 0.3) is 11.5 Å². The van der Waals surface area contributed by atoms with E-state index in [2.05, 4.69) is 20.2 Å². The summed E-state index contributed by atoms with van der Waals surface area (Å²) in [4.78, 5) is 55.1. The van der Waals surface area contributed by atoms with Crippen LogP contribution in [0.1, 0.15) is 47.5 Å². The zero-order valence-corrected chi connectivity index (χ0v) is 17.8. The van der Waals surface area contributed by atoms with E-state index in [1.807, 2.05) is 0 Å². The molecule has 1 fully saturated rings. The first kappa shape index (κ1) is 23.6. The van der Waals surface area contributed by atoms with E-state index in [1.165, 1.54) is 0 Å². The number of hydrogen-bond donors (Lipinski definition) is 6. The molecule has 0 aliphatic carbocycles. The number of nitrogens with one attached hydrogen (secondary N) is 2. The number of nitrogen functional groups attached to an aromatic ring is 2. The van der Waals surface area contributed by atoms with Gasteiger partial charge in [-0.05, 0) is 49.4 Å². The molecular weight excluding hydrogens is 432 g/mol. The minimum Gasteiger partial charge on any atom is -0.481 e. The Morgan fingerprint density at radius 3 is 2.33 bits per heavy atom. The van der Waals surface area contributed by atoms with E-state index in [9.17, 15) is 24.3 Å². The lowest BCUT2D eigenvalue weighted by molar-refractivity contribution is -0.140. The molecule has 0 radical (unpaired) electrons. The Labute approximate surface area is 188 Å². The molecule has 1 aromatic carbocycles. The summed E-state index contributed by atoms with van der Waals surface area (Å²) >= 11 is 0. The second-order valence-corrected chi connectivity index (χ2v) is 7.85. The molecule has 12 heteroatoms. The van der Waals surface area contributed by atoms with Crippen molar-refractivity contribution in [3.05, 3.63) is 45.7 Å². The number of aromatic amines is 1. The highest BCUT2D eigenvalue weighted by Crippen LogP contribution is 2.31. The molecule has 1 saturated heterocycles. The summed E-state index contributed by atoms with van der Waals surface area (Å²) in [5, 5.41) is 20.3. The maximum atomic E-state index is 12.4. The Morgan fingerprint density at radius 2 is 1.79 bits per heavy atom. The number of H-pyrrole nitrogens is 1. The third-order valence-electron chi connectivity index (χ3n) is 5.65. The summed E-state index contributed by atoms with van der Waals surface area (Å²) in [6.45, 7) is 1.32. The Bertz CT molecular complexity index is 1090. The molecule has 1 aliphatic rings. The molecule has 0 bridgehead atoms. The van der Waals surface area contributed by atoms with Crippen LogP contribution in [0.25, 0.3) is 0 Å². The number of nitrogens with two attached hydrogens (primary N) is 2. The summed E-state index contributed by atoms with van der Waals surface area (Å²) in [5.41, 5.74) is 12.7. The van der Waals surface area contributed by atoms with Crippen molar-refractivity contribution in [1.29, 1.82) is 0 Å². The molecule has 2 aromatic rings. The summed E-state index contributed by atoms with van der Waals surface area (Å²) < 4.78 is 0. The molecule has 1 unspecified atom stereocenters. The number of hydrogen-bond acceptors (Lipinski definition) is 8. The number of carboxylic acids is 2. The minimum atomic E-state index is -1.29. The molecule has 33 heavy (non-hydrogen) atoms. The predicted octanol–water partition coefficient (Wildman–Crippen LogP) is 0.366. The van der Waals surface area contributed by atoms with Gasteiger partial charge in [0.05, 0.1) is 5.56 Å². The van der Waals surface area contributed by atoms with Crippen LogP contribution in [0, 0.1) is 0 Å². The first-order valence-corrected chi connectivity index (χ1v) is 10.4. The van der Waals surface area contributed by atoms with E-state index >= 15 is 0 Å². The predicted molar refractivity (Wildman–Crippen MR) is 120 cm³/mol. The van der Waals surface area contributed by atoms with Gasteiger partial charge in [-0.15, -0.1) is 0 Å². The van der Waals surface area contributed by atoms with E-state index in [4.69, 9.17) is 16.6 Å². The van der Waals surface area contributed by atoms with Crippen molar-refractivity contribution < 1.29 is 24.6 Å². The third kappa shape index (κ3) is 5.79. The Kier molecular flexibility index (Phi) is 7.16. The Hall–Kier alpha value is -4.09. The van der Waals surface area contributed by atoms with Gasteiger partial charge in [0.15, 0.2) is 0 Å². The number of piperidine rings is 1. The van der Waals surface area contributed by atoms with E-state index in [0.717, 1.165) is 5.69 Å². The lowest BCUT2D eigenvalue weighted by atomic mass is 9.90. The molecule has 1 atom stereocenters. The van der Waals surface area contributed by atoms with Gasteiger partial charge >= 0.3 is 11.9 Å². The molecular formula is C21H26N6O6. The van der Waals surface area contributed by atoms with Crippen molar-refractivity contribution in [3.63, 3.8) is 0 Å². The van der Waals surface area contributed by atoms with Crippen LogP contribution in [0.3, 0.4) is 0 Å². The monoisotopic (exact) mass is 458 g/mol. The standard InChI is InChI=1S/C21H26N6O6/c22-17-16(19(31)26-21(23)25-17)11-7-9-27(10-8-11)13-3-1-12(2-4-13)18(30)24-14(20(32)33)5-6-15(28)29/h1-4,11,14H,5-10H2,(H,24,30)(H,28,29)(H,32,33)(H5,22,23,25,26,31). The van der Waals surface area contributed by atoms with Gasteiger partial charge in [-0.25, -0.2) is 4.79 Å². The number of rotatable bonds is 8. The normalized spacial score (nSPS) is 15.1. The van der Waals surface area contributed by atoms with Gasteiger partial charge in [-0.3, -0.25) is 19.4 Å². The molecule has 0 spiro atoms. The molecule has 1 aromatic heterocycles. The van der Waals surface area contributed by atoms with Crippen molar-refractivity contribution >= 4 is 35.3 Å². The zero-order valence-electron chi connectivity index (χ0n) is 17.8. The Morgan fingerprint density at radius 1 is 1.15 bits per heavy atom. The lowest BCUT2D eigenvalue weighted by Crippen LogP contribution is -2.41. The Balaban J connectivity index is 1.61. The van der Waals surface area contributed by atoms with Crippen LogP contribution in [-0.2, 0) is 9.59 Å². The fourth-order valence-corrected chi connectivity index (χ4v) is 3.93. The number of carbonyl (C=O) groups is 3. The van der Waals surface area contributed by atoms with Gasteiger partial charge in [-0.2, -0.15) is 4.98 Å². The fraction of sp³-hybridized carbons (Fsp3) is 0.381. The van der Waals surface area contributed by atoms with Crippen LogP contribution in [-0.4, -0.2) is 57.2 Å². The third-order valence-corrected chi connectivity index (χ3v) is 5.65. The average molecular weight is 458 g/mol. The van der Waals surface area contributed by atoms with Crippen LogP contribution in [0.15, 0.2) is 29.1 Å². The SMILES string of the molecule is Nc1nc(N)c(C2CCN(c3ccc(C(=O)NC(CCC(=O)O)C(=O)O)cc3)CC2)c(=O)[nH]1. The van der Waals surface area contributed by atoms with Crippen molar-refractivity contribution in [2.45, 2.75) is 37.6 Å². The second-order valence-electron chi connectivity index (χ2n) is 7.85. The van der Waals surface area contributed by atoms with Gasteiger partial charge in [0.2, 0.25) is 5.95 Å². The van der Waals surface area contributed by atoms with Crippen LogP contribution >= 0.6 is 0 Å². The molecule has 2 heterocycles. The highest BCUT2D eigenvalue weighted by atomic mass is 16.4. The van der Waals surface area contributed by atoms with E-state index in [-0.39, 0.29) is 41.6 Å². The largest absolute Gasteiger partial charge is 0.481 e. The minimum absolute atomic E-state index is 0.0145. The number of benzene rings is 1. The molecule has 1 aliphatic heterocycles. The lowest BCUT2D eigenvalue weighted by Gasteiger charge is -2.33. The topological polar surface area (TPSA) is 205 Å². The highest BCUT2D eigenvalue weighted by Gasteiger charge is 2.26. The number of nitrogens with zero attached hydrogens (tertiary/aromatic N) is 2. The second kappa shape index (κ2) is 10.0. The fourth-order valence-electron chi connectivity index (χ4n) is 3.93. The smallest absolute Gasteiger partial charge is 0.326 e. The molecule has 12 nitrogen and oxygen atoms in total. The maximum Gasteiger partial charge on any atom is 0.326 e. The quantitative estimate of drug-likeness (QED) is 0.320. The number of aromatic nitrogens is 2. The van der Waals surface area contributed by atoms with Gasteiger partial charge in [0.1, 0.15) is 11.9 Å². The van der Waals surface area contributed by atoms with Gasteiger partial charge < -0.3 is 31.9 Å². The summed E-state index contributed by atoms with van der Waals surface area (Å²) in [5.74, 6) is -2.93. The number of carbonyl (C=O) groups excluding carboxylic acids is 1. The van der Waals surface area contributed by atoms with Crippen LogP contribution in [0.4, 0.5) is 17.5 Å². The molecule has 8 N–H and O–H groups in total. The van der Waals surface area contributed by atoms with Gasteiger partial charge in [0, 0.05) is 30.8 Å². The first-order valence-electron chi connectivity index (χ1n) is 10.4. The summed E-state index contributed by atoms with van der Waals surface area (Å²) in [6, 6.07) is 5.40. The van der Waals surface area contributed by atoms with Crippen molar-refractivity contribution in [1.82, 2.24) is 15.3 Å². The molecule has 1 amide bonds. The molecule has 3 rings (SSSR count). The highest BCUT2D eigenvalue weighted by molar-refractivity contribution is 5.97. The van der Waals surface area contributed by atoms with E-state index in [1.54, 1.807) is 24.3 Å². The number of amides is 1. The van der Waals surface area contributed by atoms with Crippen LogP contribution in [0.2, 0.25) is 0 Å².